The third-order valence-corrected chi connectivity index (χ3v) is 3.60. The third-order valence-electron chi connectivity index (χ3n) is 3.37. The van der Waals surface area contributed by atoms with Crippen LogP contribution in [0.25, 0.3) is 33.6 Å². The fourth-order valence-electron chi connectivity index (χ4n) is 2.42. The molecular weight excluding hydrogens is 286 g/mol. The number of aromatic nitrogens is 3. The quantitative estimate of drug-likeness (QED) is 0.591. The summed E-state index contributed by atoms with van der Waals surface area (Å²) in [7, 11) is 0. The van der Waals surface area contributed by atoms with E-state index in [9.17, 15) is 0 Å². The minimum atomic E-state index is 0.685. The number of benzene rings is 1. The first kappa shape index (κ1) is 12.2. The van der Waals surface area contributed by atoms with Gasteiger partial charge in [-0.2, -0.15) is 0 Å². The molecule has 0 aliphatic carbocycles. The summed E-state index contributed by atoms with van der Waals surface area (Å²) in [5.41, 5.74) is 3.78. The van der Waals surface area contributed by atoms with Crippen LogP contribution in [-0.2, 0) is 0 Å². The van der Waals surface area contributed by atoms with Crippen LogP contribution >= 0.6 is 11.6 Å². The number of rotatable bonds is 2. The zero-order valence-electron chi connectivity index (χ0n) is 10.9. The summed E-state index contributed by atoms with van der Waals surface area (Å²) >= 11 is 6.09. The van der Waals surface area contributed by atoms with Crippen molar-refractivity contribution in [2.24, 2.45) is 0 Å². The second kappa shape index (κ2) is 4.75. The number of hydrogen-bond acceptors (Lipinski definition) is 3. The van der Waals surface area contributed by atoms with Crippen molar-refractivity contribution in [1.82, 2.24) is 15.0 Å². The predicted octanol–water partition coefficient (Wildman–Crippen LogP) is 4.54. The van der Waals surface area contributed by atoms with E-state index in [0.717, 1.165) is 27.9 Å². The molecule has 0 saturated carbocycles. The monoisotopic (exact) mass is 295 g/mol. The molecular formula is C16H10ClN3O. The standard InChI is InChI=1S/C16H10ClN3O/c17-11-3-1-2-10(6-11)12-4-5-19-16-13(12)7-14(20-16)15-8-18-9-21-15/h1-9H,(H,19,20). The summed E-state index contributed by atoms with van der Waals surface area (Å²) in [5, 5.41) is 1.73. The van der Waals surface area contributed by atoms with Crippen LogP contribution in [0.4, 0.5) is 0 Å². The van der Waals surface area contributed by atoms with Crippen molar-refractivity contribution in [3.63, 3.8) is 0 Å². The lowest BCUT2D eigenvalue weighted by molar-refractivity contribution is 0.570. The SMILES string of the molecule is Clc1cccc(-c2ccnc3[nH]c(-c4cnco4)cc23)c1. The Morgan fingerprint density at radius 2 is 2.10 bits per heavy atom. The fourth-order valence-corrected chi connectivity index (χ4v) is 2.61. The highest BCUT2D eigenvalue weighted by molar-refractivity contribution is 6.30. The fraction of sp³-hybridized carbons (Fsp3) is 0. The van der Waals surface area contributed by atoms with Gasteiger partial charge in [0.05, 0.1) is 11.9 Å². The van der Waals surface area contributed by atoms with Crippen LogP contribution in [0.2, 0.25) is 5.02 Å². The van der Waals surface area contributed by atoms with E-state index in [0.29, 0.717) is 10.8 Å². The topological polar surface area (TPSA) is 54.7 Å². The molecule has 4 aromatic rings. The Balaban J connectivity index is 1.94. The largest absolute Gasteiger partial charge is 0.442 e. The van der Waals surface area contributed by atoms with Crippen molar-refractivity contribution in [1.29, 1.82) is 0 Å². The number of nitrogens with zero attached hydrogens (tertiary/aromatic N) is 2. The van der Waals surface area contributed by atoms with E-state index >= 15 is 0 Å². The average molecular weight is 296 g/mol. The number of halogens is 1. The maximum atomic E-state index is 6.09. The highest BCUT2D eigenvalue weighted by atomic mass is 35.5. The van der Waals surface area contributed by atoms with Crippen LogP contribution < -0.4 is 0 Å². The zero-order valence-corrected chi connectivity index (χ0v) is 11.6. The first-order valence-corrected chi connectivity index (χ1v) is 6.81. The van der Waals surface area contributed by atoms with Gasteiger partial charge in [-0.1, -0.05) is 23.7 Å². The van der Waals surface area contributed by atoms with Crippen molar-refractivity contribution in [3.05, 3.63) is 60.2 Å². The van der Waals surface area contributed by atoms with E-state index in [-0.39, 0.29) is 0 Å². The molecule has 21 heavy (non-hydrogen) atoms. The van der Waals surface area contributed by atoms with Gasteiger partial charge in [-0.3, -0.25) is 0 Å². The maximum Gasteiger partial charge on any atom is 0.181 e. The molecule has 0 atom stereocenters. The lowest BCUT2D eigenvalue weighted by Gasteiger charge is -2.03. The van der Waals surface area contributed by atoms with Crippen molar-refractivity contribution >= 4 is 22.6 Å². The summed E-state index contributed by atoms with van der Waals surface area (Å²) < 4.78 is 5.32. The Kier molecular flexibility index (Phi) is 2.75. The first-order valence-electron chi connectivity index (χ1n) is 6.44. The molecule has 1 aromatic carbocycles. The number of aromatic amines is 1. The Hall–Kier alpha value is -2.59. The molecule has 0 aliphatic rings. The van der Waals surface area contributed by atoms with Gasteiger partial charge in [-0.25, -0.2) is 9.97 Å². The molecule has 0 bridgehead atoms. The van der Waals surface area contributed by atoms with Crippen molar-refractivity contribution in [2.45, 2.75) is 0 Å². The Morgan fingerprint density at radius 1 is 1.14 bits per heavy atom. The molecule has 3 aromatic heterocycles. The van der Waals surface area contributed by atoms with Crippen molar-refractivity contribution < 1.29 is 4.42 Å². The van der Waals surface area contributed by atoms with Crippen LogP contribution in [0.5, 0.6) is 0 Å². The Labute approximate surface area is 125 Å². The molecule has 0 amide bonds. The van der Waals surface area contributed by atoms with Gasteiger partial charge in [0.1, 0.15) is 5.65 Å². The molecule has 0 saturated heterocycles. The number of oxazole rings is 1. The van der Waals surface area contributed by atoms with Crippen LogP contribution in [0.15, 0.2) is 59.6 Å². The first-order chi connectivity index (χ1) is 10.3. The number of H-pyrrole nitrogens is 1. The Morgan fingerprint density at radius 3 is 2.90 bits per heavy atom. The van der Waals surface area contributed by atoms with Crippen LogP contribution in [0.1, 0.15) is 0 Å². The molecule has 5 heteroatoms. The van der Waals surface area contributed by atoms with Gasteiger partial charge in [-0.05, 0) is 35.4 Å². The molecule has 0 unspecified atom stereocenters. The lowest BCUT2D eigenvalue weighted by atomic mass is 10.0. The second-order valence-corrected chi connectivity index (χ2v) is 5.12. The van der Waals surface area contributed by atoms with Gasteiger partial charge in [0.15, 0.2) is 12.2 Å². The van der Waals surface area contributed by atoms with E-state index in [1.54, 1.807) is 12.4 Å². The molecule has 0 radical (unpaired) electrons. The third kappa shape index (κ3) is 2.10. The molecule has 0 fully saturated rings. The van der Waals surface area contributed by atoms with E-state index in [2.05, 4.69) is 15.0 Å². The summed E-state index contributed by atoms with van der Waals surface area (Å²) in [6, 6.07) is 11.8. The smallest absolute Gasteiger partial charge is 0.181 e. The second-order valence-electron chi connectivity index (χ2n) is 4.68. The molecule has 4 rings (SSSR count). The highest BCUT2D eigenvalue weighted by Gasteiger charge is 2.11. The van der Waals surface area contributed by atoms with Gasteiger partial charge in [0.25, 0.3) is 0 Å². The van der Waals surface area contributed by atoms with Crippen LogP contribution in [0, 0.1) is 0 Å². The van der Waals surface area contributed by atoms with E-state index in [1.165, 1.54) is 6.39 Å². The summed E-state index contributed by atoms with van der Waals surface area (Å²) in [5.74, 6) is 0.685. The van der Waals surface area contributed by atoms with Gasteiger partial charge in [-0.15, -0.1) is 0 Å². The van der Waals surface area contributed by atoms with Gasteiger partial charge < -0.3 is 9.40 Å². The number of pyridine rings is 1. The number of hydrogen-bond donors (Lipinski definition) is 1. The van der Waals surface area contributed by atoms with E-state index in [4.69, 9.17) is 16.0 Å². The predicted molar refractivity (Wildman–Crippen MR) is 82.0 cm³/mol. The van der Waals surface area contributed by atoms with Crippen LogP contribution in [0.3, 0.4) is 0 Å². The normalized spacial score (nSPS) is 11.1. The molecule has 0 spiro atoms. The molecule has 4 nitrogen and oxygen atoms in total. The zero-order chi connectivity index (χ0) is 14.2. The lowest BCUT2D eigenvalue weighted by Crippen LogP contribution is -1.81. The molecule has 1 N–H and O–H groups in total. The summed E-state index contributed by atoms with van der Waals surface area (Å²) in [4.78, 5) is 11.6. The molecule has 0 aliphatic heterocycles. The Bertz CT molecular complexity index is 912. The van der Waals surface area contributed by atoms with Crippen LogP contribution in [-0.4, -0.2) is 15.0 Å². The molecule has 102 valence electrons. The molecule has 3 heterocycles. The van der Waals surface area contributed by atoms with E-state index < -0.39 is 0 Å². The van der Waals surface area contributed by atoms with Crippen molar-refractivity contribution in [3.8, 4) is 22.6 Å². The average Bonchev–Trinajstić information content (AvgIpc) is 3.15. The number of nitrogens with one attached hydrogen (secondary N) is 1. The van der Waals surface area contributed by atoms with Gasteiger partial charge >= 0.3 is 0 Å². The van der Waals surface area contributed by atoms with Gasteiger partial charge in [0, 0.05) is 16.6 Å². The van der Waals surface area contributed by atoms with E-state index in [1.807, 2.05) is 36.4 Å². The van der Waals surface area contributed by atoms with Gasteiger partial charge in [0.2, 0.25) is 0 Å². The minimum absolute atomic E-state index is 0.685. The number of fused-ring (bicyclic) bond motifs is 1. The van der Waals surface area contributed by atoms with Crippen molar-refractivity contribution in [2.75, 3.05) is 0 Å². The minimum Gasteiger partial charge on any atom is -0.442 e. The summed E-state index contributed by atoms with van der Waals surface area (Å²) in [6.07, 6.45) is 4.86. The summed E-state index contributed by atoms with van der Waals surface area (Å²) in [6.45, 7) is 0. The highest BCUT2D eigenvalue weighted by Crippen LogP contribution is 2.32. The maximum absolute atomic E-state index is 6.09.